The fourth-order valence-electron chi connectivity index (χ4n) is 3.67. The van der Waals surface area contributed by atoms with Gasteiger partial charge in [-0.3, -0.25) is 15.0 Å². The van der Waals surface area contributed by atoms with Crippen LogP contribution in [0.3, 0.4) is 0 Å². The number of nitriles is 1. The highest BCUT2D eigenvalue weighted by Crippen LogP contribution is 2.44. The van der Waals surface area contributed by atoms with Crippen molar-refractivity contribution in [1.82, 2.24) is 10.4 Å². The van der Waals surface area contributed by atoms with E-state index in [2.05, 4.69) is 11.5 Å². The molecule has 1 aliphatic heterocycles. The number of ketones is 1. The Bertz CT molecular complexity index is 1050. The number of furan rings is 2. The van der Waals surface area contributed by atoms with Crippen LogP contribution in [0.1, 0.15) is 47.3 Å². The number of rotatable bonds is 3. The van der Waals surface area contributed by atoms with Gasteiger partial charge in [0, 0.05) is 12.0 Å². The molecule has 3 N–H and O–H groups in total. The summed E-state index contributed by atoms with van der Waals surface area (Å²) in [4.78, 5) is 25.3. The predicted molar refractivity (Wildman–Crippen MR) is 96.9 cm³/mol. The van der Waals surface area contributed by atoms with E-state index in [4.69, 9.17) is 14.6 Å². The summed E-state index contributed by atoms with van der Waals surface area (Å²) < 4.78 is 10.8. The molecule has 142 valence electrons. The van der Waals surface area contributed by atoms with Crippen LogP contribution in [0.25, 0.3) is 0 Å². The van der Waals surface area contributed by atoms with Crippen molar-refractivity contribution in [2.45, 2.75) is 32.1 Å². The molecule has 28 heavy (non-hydrogen) atoms. The van der Waals surface area contributed by atoms with Crippen LogP contribution in [0.2, 0.25) is 0 Å². The van der Waals surface area contributed by atoms with E-state index in [1.807, 2.05) is 0 Å². The van der Waals surface area contributed by atoms with Crippen LogP contribution >= 0.6 is 0 Å². The second-order valence-corrected chi connectivity index (χ2v) is 6.68. The van der Waals surface area contributed by atoms with Crippen molar-refractivity contribution >= 4 is 11.7 Å². The van der Waals surface area contributed by atoms with Crippen molar-refractivity contribution < 1.29 is 18.4 Å². The highest BCUT2D eigenvalue weighted by molar-refractivity contribution is 6.00. The Balaban J connectivity index is 1.83. The van der Waals surface area contributed by atoms with E-state index in [0.29, 0.717) is 42.1 Å². The van der Waals surface area contributed by atoms with Crippen LogP contribution in [-0.4, -0.2) is 16.7 Å². The van der Waals surface area contributed by atoms with E-state index < -0.39 is 11.8 Å². The van der Waals surface area contributed by atoms with E-state index in [1.165, 1.54) is 17.3 Å². The molecule has 0 spiro atoms. The minimum absolute atomic E-state index is 0.0647. The lowest BCUT2D eigenvalue weighted by Crippen LogP contribution is -2.48. The Morgan fingerprint density at radius 2 is 2.18 bits per heavy atom. The number of carbonyl (C=O) groups excluding carboxylic acids is 2. The molecule has 1 amide bonds. The molecule has 8 nitrogen and oxygen atoms in total. The molecule has 2 aromatic rings. The van der Waals surface area contributed by atoms with Gasteiger partial charge in [-0.1, -0.05) is 0 Å². The van der Waals surface area contributed by atoms with Crippen LogP contribution < -0.4 is 11.2 Å². The molecule has 1 aliphatic carbocycles. The summed E-state index contributed by atoms with van der Waals surface area (Å²) in [5.74, 6) is 0.0225. The van der Waals surface area contributed by atoms with Crippen LogP contribution in [0.15, 0.2) is 62.0 Å². The first kappa shape index (κ1) is 17.7. The van der Waals surface area contributed by atoms with Crippen molar-refractivity contribution in [1.29, 1.82) is 5.26 Å². The number of hydrogen-bond donors (Lipinski definition) is 2. The molecule has 3 heterocycles. The number of nitrogens with two attached hydrogens (primary N) is 1. The van der Waals surface area contributed by atoms with Gasteiger partial charge < -0.3 is 14.6 Å². The molecule has 2 aromatic heterocycles. The molecular weight excluding hydrogens is 360 g/mol. The molecule has 0 radical (unpaired) electrons. The third-order valence-corrected chi connectivity index (χ3v) is 4.92. The monoisotopic (exact) mass is 378 g/mol. The summed E-state index contributed by atoms with van der Waals surface area (Å²) >= 11 is 0. The minimum atomic E-state index is -0.682. The molecular formula is C20H18N4O4. The third kappa shape index (κ3) is 2.77. The molecule has 2 aliphatic rings. The van der Waals surface area contributed by atoms with Gasteiger partial charge in [0.05, 0.1) is 29.5 Å². The van der Waals surface area contributed by atoms with Gasteiger partial charge in [0.15, 0.2) is 11.5 Å². The molecule has 1 unspecified atom stereocenters. The molecule has 0 aromatic carbocycles. The number of hydrogen-bond acceptors (Lipinski definition) is 7. The molecule has 0 saturated carbocycles. The van der Waals surface area contributed by atoms with Gasteiger partial charge in [-0.15, -0.1) is 0 Å². The SMILES string of the molecule is Cc1ccc(C2C(C#N)=C(N)N(NC(=O)c3ccco3)C3=C2C(=O)CCC3)o1. The normalized spacial score (nSPS) is 19.5. The van der Waals surface area contributed by atoms with E-state index in [1.54, 1.807) is 25.1 Å². The number of Topliss-reactive ketones (excluding diaryl/α,β-unsaturated/α-hetero) is 1. The second-order valence-electron chi connectivity index (χ2n) is 6.68. The van der Waals surface area contributed by atoms with Crippen molar-refractivity contribution in [2.75, 3.05) is 0 Å². The van der Waals surface area contributed by atoms with Crippen molar-refractivity contribution in [3.05, 3.63) is 70.5 Å². The predicted octanol–water partition coefficient (Wildman–Crippen LogP) is 2.63. The lowest BCUT2D eigenvalue weighted by Gasteiger charge is -2.38. The molecule has 0 bridgehead atoms. The first-order valence-corrected chi connectivity index (χ1v) is 8.88. The lowest BCUT2D eigenvalue weighted by atomic mass is 9.78. The van der Waals surface area contributed by atoms with Gasteiger partial charge in [0.1, 0.15) is 17.3 Å². The summed E-state index contributed by atoms with van der Waals surface area (Å²) in [6.07, 6.45) is 2.92. The highest BCUT2D eigenvalue weighted by Gasteiger charge is 2.42. The van der Waals surface area contributed by atoms with Crippen LogP contribution in [0, 0.1) is 18.3 Å². The average Bonchev–Trinajstić information content (AvgIpc) is 3.35. The van der Waals surface area contributed by atoms with Crippen molar-refractivity contribution in [2.24, 2.45) is 5.73 Å². The lowest BCUT2D eigenvalue weighted by molar-refractivity contribution is -0.116. The number of nitrogens with zero attached hydrogens (tertiary/aromatic N) is 2. The fourth-order valence-corrected chi connectivity index (χ4v) is 3.67. The van der Waals surface area contributed by atoms with E-state index in [-0.39, 0.29) is 22.9 Å². The Morgan fingerprint density at radius 1 is 1.36 bits per heavy atom. The fraction of sp³-hybridized carbons (Fsp3) is 0.250. The maximum absolute atomic E-state index is 12.8. The standard InChI is InChI=1S/C20H18N4O4/c1-11-7-8-15(28-11)17-12(10-21)19(22)24(13-4-2-5-14(25)18(13)17)23-20(26)16-6-3-9-27-16/h3,6-9,17H,2,4-5,22H2,1H3,(H,23,26). The number of hydrazine groups is 1. The van der Waals surface area contributed by atoms with Gasteiger partial charge in [-0.2, -0.15) is 5.26 Å². The number of amides is 1. The number of nitrogens with one attached hydrogen (secondary N) is 1. The number of carbonyl (C=O) groups is 2. The quantitative estimate of drug-likeness (QED) is 0.841. The molecule has 0 fully saturated rings. The number of allylic oxidation sites excluding steroid dienone is 3. The largest absolute Gasteiger partial charge is 0.465 e. The number of aryl methyl sites for hydroxylation is 1. The summed E-state index contributed by atoms with van der Waals surface area (Å²) in [7, 11) is 0. The molecule has 8 heteroatoms. The molecule has 4 rings (SSSR count). The van der Waals surface area contributed by atoms with Crippen LogP contribution in [0.5, 0.6) is 0 Å². The third-order valence-electron chi connectivity index (χ3n) is 4.92. The topological polar surface area (TPSA) is 126 Å². The Morgan fingerprint density at radius 3 is 2.82 bits per heavy atom. The van der Waals surface area contributed by atoms with Gasteiger partial charge in [0.25, 0.3) is 0 Å². The van der Waals surface area contributed by atoms with Crippen LogP contribution in [-0.2, 0) is 4.79 Å². The van der Waals surface area contributed by atoms with Crippen molar-refractivity contribution in [3.63, 3.8) is 0 Å². The Kier molecular flexibility index (Phi) is 4.28. The smallest absolute Gasteiger partial charge is 0.305 e. The summed E-state index contributed by atoms with van der Waals surface area (Å²) in [6, 6.07) is 8.72. The van der Waals surface area contributed by atoms with Gasteiger partial charge in [0.2, 0.25) is 0 Å². The summed E-state index contributed by atoms with van der Waals surface area (Å²) in [5.41, 5.74) is 10.1. The Hall–Kier alpha value is -3.73. The maximum atomic E-state index is 12.8. The zero-order valence-corrected chi connectivity index (χ0v) is 15.2. The van der Waals surface area contributed by atoms with E-state index in [0.717, 1.165) is 0 Å². The van der Waals surface area contributed by atoms with Gasteiger partial charge in [-0.25, -0.2) is 5.01 Å². The summed E-state index contributed by atoms with van der Waals surface area (Å²) in [6.45, 7) is 1.79. The van der Waals surface area contributed by atoms with Gasteiger partial charge in [-0.05, 0) is 44.0 Å². The second kappa shape index (κ2) is 6.78. The first-order valence-electron chi connectivity index (χ1n) is 8.88. The average molecular weight is 378 g/mol. The first-order chi connectivity index (χ1) is 13.5. The van der Waals surface area contributed by atoms with E-state index >= 15 is 0 Å². The molecule has 1 atom stereocenters. The van der Waals surface area contributed by atoms with Crippen molar-refractivity contribution in [3.8, 4) is 6.07 Å². The molecule has 0 saturated heterocycles. The van der Waals surface area contributed by atoms with Crippen LogP contribution in [0.4, 0.5) is 0 Å². The minimum Gasteiger partial charge on any atom is -0.465 e. The van der Waals surface area contributed by atoms with E-state index in [9.17, 15) is 14.9 Å². The van der Waals surface area contributed by atoms with Gasteiger partial charge >= 0.3 is 5.91 Å². The maximum Gasteiger partial charge on any atom is 0.305 e. The zero-order valence-electron chi connectivity index (χ0n) is 15.2. The zero-order chi connectivity index (χ0) is 19.8. The highest BCUT2D eigenvalue weighted by atomic mass is 16.3. The Labute approximate surface area is 160 Å². The summed E-state index contributed by atoms with van der Waals surface area (Å²) in [5, 5.41) is 11.1.